The number of guanidine groups is 1. The second kappa shape index (κ2) is 7.72. The number of aliphatic imine (C=N–C) groups is 1. The van der Waals surface area contributed by atoms with Crippen molar-refractivity contribution in [1.29, 1.82) is 0 Å². The van der Waals surface area contributed by atoms with Gasteiger partial charge in [-0.05, 0) is 36.8 Å². The molecule has 0 aromatic heterocycles. The first-order chi connectivity index (χ1) is 8.70. The summed E-state index contributed by atoms with van der Waals surface area (Å²) in [5.41, 5.74) is 2.69. The van der Waals surface area contributed by atoms with Crippen LogP contribution in [-0.4, -0.2) is 31.5 Å². The van der Waals surface area contributed by atoms with Crippen molar-refractivity contribution in [3.63, 3.8) is 0 Å². The van der Waals surface area contributed by atoms with Gasteiger partial charge in [0.25, 0.3) is 0 Å². The van der Waals surface area contributed by atoms with E-state index in [9.17, 15) is 0 Å². The number of hydrogen-bond acceptors (Lipinski definition) is 1. The summed E-state index contributed by atoms with van der Waals surface area (Å²) in [5.74, 6) is 1.86. The molecule has 0 atom stereocenters. The molecule has 19 heavy (non-hydrogen) atoms. The number of nitrogens with one attached hydrogen (secondary N) is 1. The SMILES string of the molecule is CN=C(NCC1CC1)N(C)Cc1ccccc1C.I. The Morgan fingerprint density at radius 2 is 2.05 bits per heavy atom. The van der Waals surface area contributed by atoms with Gasteiger partial charge in [-0.25, -0.2) is 0 Å². The Morgan fingerprint density at radius 3 is 2.63 bits per heavy atom. The second-order valence-corrected chi connectivity index (χ2v) is 5.15. The predicted octanol–water partition coefficient (Wildman–Crippen LogP) is 3.03. The van der Waals surface area contributed by atoms with Crippen molar-refractivity contribution in [2.75, 3.05) is 20.6 Å². The fraction of sp³-hybridized carbons (Fsp3) is 0.533. The Kier molecular flexibility index (Phi) is 6.62. The number of aryl methyl sites for hydroxylation is 1. The maximum atomic E-state index is 4.34. The zero-order valence-corrected chi connectivity index (χ0v) is 14.3. The molecule has 0 amide bonds. The van der Waals surface area contributed by atoms with Crippen LogP contribution in [0.25, 0.3) is 0 Å². The van der Waals surface area contributed by atoms with Crippen LogP contribution in [0.5, 0.6) is 0 Å². The molecule has 0 saturated heterocycles. The topological polar surface area (TPSA) is 27.6 Å². The highest BCUT2D eigenvalue weighted by molar-refractivity contribution is 14.0. The van der Waals surface area contributed by atoms with Crippen LogP contribution >= 0.6 is 24.0 Å². The first-order valence-corrected chi connectivity index (χ1v) is 6.67. The van der Waals surface area contributed by atoms with E-state index in [0.29, 0.717) is 0 Å². The molecule has 0 aliphatic heterocycles. The minimum atomic E-state index is 0. The molecular weight excluding hydrogens is 349 g/mol. The number of rotatable bonds is 4. The monoisotopic (exact) mass is 373 g/mol. The summed E-state index contributed by atoms with van der Waals surface area (Å²) in [6.07, 6.45) is 2.73. The third-order valence-corrected chi connectivity index (χ3v) is 3.49. The lowest BCUT2D eigenvalue weighted by atomic mass is 10.1. The first-order valence-electron chi connectivity index (χ1n) is 6.67. The van der Waals surface area contributed by atoms with Gasteiger partial charge in [0, 0.05) is 27.2 Å². The predicted molar refractivity (Wildman–Crippen MR) is 92.1 cm³/mol. The fourth-order valence-electron chi connectivity index (χ4n) is 2.06. The van der Waals surface area contributed by atoms with E-state index in [4.69, 9.17) is 0 Å². The molecule has 0 bridgehead atoms. The first kappa shape index (κ1) is 16.3. The molecule has 1 aliphatic carbocycles. The quantitative estimate of drug-likeness (QED) is 0.499. The molecule has 0 heterocycles. The van der Waals surface area contributed by atoms with Crippen molar-refractivity contribution in [3.8, 4) is 0 Å². The Morgan fingerprint density at radius 1 is 1.37 bits per heavy atom. The number of benzene rings is 1. The van der Waals surface area contributed by atoms with Crippen LogP contribution in [0, 0.1) is 12.8 Å². The summed E-state index contributed by atoms with van der Waals surface area (Å²) in [7, 11) is 3.94. The molecule has 3 nitrogen and oxygen atoms in total. The van der Waals surface area contributed by atoms with Gasteiger partial charge in [0.05, 0.1) is 0 Å². The summed E-state index contributed by atoms with van der Waals surface area (Å²) in [5, 5.41) is 3.45. The van der Waals surface area contributed by atoms with Crippen LogP contribution < -0.4 is 5.32 Å². The van der Waals surface area contributed by atoms with Crippen molar-refractivity contribution in [1.82, 2.24) is 10.2 Å². The van der Waals surface area contributed by atoms with Crippen LogP contribution in [0.2, 0.25) is 0 Å². The van der Waals surface area contributed by atoms with Gasteiger partial charge in [0.1, 0.15) is 0 Å². The highest BCUT2D eigenvalue weighted by Crippen LogP contribution is 2.27. The zero-order chi connectivity index (χ0) is 13.0. The molecule has 1 aromatic carbocycles. The molecule has 0 spiro atoms. The molecule has 4 heteroatoms. The van der Waals surface area contributed by atoms with Crippen molar-refractivity contribution < 1.29 is 0 Å². The molecule has 0 unspecified atom stereocenters. The molecular formula is C15H24IN3. The van der Waals surface area contributed by atoms with Crippen LogP contribution in [0.4, 0.5) is 0 Å². The highest BCUT2D eigenvalue weighted by Gasteiger charge is 2.21. The molecule has 2 rings (SSSR count). The van der Waals surface area contributed by atoms with E-state index in [0.717, 1.165) is 25.0 Å². The van der Waals surface area contributed by atoms with Crippen molar-refractivity contribution in [3.05, 3.63) is 35.4 Å². The van der Waals surface area contributed by atoms with Gasteiger partial charge in [0.2, 0.25) is 0 Å². The number of nitrogens with zero attached hydrogens (tertiary/aromatic N) is 2. The van der Waals surface area contributed by atoms with E-state index in [1.54, 1.807) is 0 Å². The van der Waals surface area contributed by atoms with E-state index in [2.05, 4.69) is 53.4 Å². The minimum Gasteiger partial charge on any atom is -0.356 e. The average molecular weight is 373 g/mol. The third-order valence-electron chi connectivity index (χ3n) is 3.49. The summed E-state index contributed by atoms with van der Waals surface area (Å²) < 4.78 is 0. The lowest BCUT2D eigenvalue weighted by molar-refractivity contribution is 0.473. The summed E-state index contributed by atoms with van der Waals surface area (Å²) in [4.78, 5) is 6.53. The van der Waals surface area contributed by atoms with Crippen LogP contribution in [-0.2, 0) is 6.54 Å². The number of hydrogen-bond donors (Lipinski definition) is 1. The lowest BCUT2D eigenvalue weighted by Crippen LogP contribution is -2.39. The standard InChI is InChI=1S/C15H23N3.HI/c1-12-6-4-5-7-14(12)11-18(3)15(16-2)17-10-13-8-9-13;/h4-7,13H,8-11H2,1-3H3,(H,16,17);1H. The lowest BCUT2D eigenvalue weighted by Gasteiger charge is -2.23. The van der Waals surface area contributed by atoms with Gasteiger partial charge >= 0.3 is 0 Å². The fourth-order valence-corrected chi connectivity index (χ4v) is 2.06. The molecule has 1 aromatic rings. The second-order valence-electron chi connectivity index (χ2n) is 5.15. The van der Waals surface area contributed by atoms with Crippen LogP contribution in [0.1, 0.15) is 24.0 Å². The Hall–Kier alpha value is -0.780. The van der Waals surface area contributed by atoms with Gasteiger partial charge in [-0.15, -0.1) is 24.0 Å². The maximum absolute atomic E-state index is 4.34. The summed E-state index contributed by atoms with van der Waals surface area (Å²) in [6, 6.07) is 8.51. The van der Waals surface area contributed by atoms with Gasteiger partial charge in [-0.3, -0.25) is 4.99 Å². The average Bonchev–Trinajstić information content (AvgIpc) is 3.17. The normalized spacial score (nSPS) is 14.8. The van der Waals surface area contributed by atoms with E-state index >= 15 is 0 Å². The highest BCUT2D eigenvalue weighted by atomic mass is 127. The van der Waals surface area contributed by atoms with Gasteiger partial charge in [-0.2, -0.15) is 0 Å². The Balaban J connectivity index is 0.00000180. The largest absolute Gasteiger partial charge is 0.356 e. The van der Waals surface area contributed by atoms with Crippen molar-refractivity contribution in [2.45, 2.75) is 26.3 Å². The summed E-state index contributed by atoms with van der Waals surface area (Å²) >= 11 is 0. The third kappa shape index (κ3) is 5.01. The molecule has 1 aliphatic rings. The molecule has 0 radical (unpaired) electrons. The Bertz CT molecular complexity index is 427. The molecule has 1 fully saturated rings. The van der Waals surface area contributed by atoms with E-state index in [-0.39, 0.29) is 24.0 Å². The van der Waals surface area contributed by atoms with Crippen LogP contribution in [0.15, 0.2) is 29.3 Å². The summed E-state index contributed by atoms with van der Waals surface area (Å²) in [6.45, 7) is 4.12. The zero-order valence-electron chi connectivity index (χ0n) is 12.0. The minimum absolute atomic E-state index is 0. The van der Waals surface area contributed by atoms with Gasteiger partial charge in [0.15, 0.2) is 5.96 Å². The van der Waals surface area contributed by atoms with Crippen molar-refractivity contribution in [2.24, 2.45) is 10.9 Å². The Labute approximate surface area is 133 Å². The van der Waals surface area contributed by atoms with Crippen LogP contribution in [0.3, 0.4) is 0 Å². The van der Waals surface area contributed by atoms with E-state index in [1.165, 1.54) is 24.0 Å². The molecule has 106 valence electrons. The van der Waals surface area contributed by atoms with Gasteiger partial charge in [-0.1, -0.05) is 24.3 Å². The number of halogens is 1. The molecule has 1 N–H and O–H groups in total. The van der Waals surface area contributed by atoms with Crippen molar-refractivity contribution >= 4 is 29.9 Å². The van der Waals surface area contributed by atoms with Gasteiger partial charge < -0.3 is 10.2 Å². The smallest absolute Gasteiger partial charge is 0.193 e. The van der Waals surface area contributed by atoms with E-state index < -0.39 is 0 Å². The van der Waals surface area contributed by atoms with E-state index in [1.807, 2.05) is 7.05 Å². The molecule has 1 saturated carbocycles. The maximum Gasteiger partial charge on any atom is 0.193 e.